The molecule has 3 aromatic rings. The standard InChI is InChI=1S/C23H23ClN2O4S/c1-17-7-13-20(14-8-17)31(28,29)26(15-18-9-11-19(24)12-10-18)16-23(27)25-21-5-3-4-6-22(21)30-2/h3-14H,15-16H2,1-2H3,(H,25,27). The molecule has 0 saturated heterocycles. The Bertz CT molecular complexity index is 1150. The lowest BCUT2D eigenvalue weighted by molar-refractivity contribution is -0.116. The van der Waals surface area contributed by atoms with Crippen LogP contribution in [0.3, 0.4) is 0 Å². The van der Waals surface area contributed by atoms with Crippen molar-refractivity contribution in [2.24, 2.45) is 0 Å². The first-order valence-electron chi connectivity index (χ1n) is 9.54. The van der Waals surface area contributed by atoms with Crippen LogP contribution in [-0.4, -0.2) is 32.3 Å². The third kappa shape index (κ3) is 5.85. The van der Waals surface area contributed by atoms with Crippen LogP contribution < -0.4 is 10.1 Å². The number of hydrogen-bond donors (Lipinski definition) is 1. The van der Waals surface area contributed by atoms with Crippen molar-refractivity contribution in [1.29, 1.82) is 0 Å². The molecule has 0 atom stereocenters. The molecule has 0 fully saturated rings. The molecule has 0 saturated carbocycles. The van der Waals surface area contributed by atoms with E-state index in [2.05, 4.69) is 5.32 Å². The lowest BCUT2D eigenvalue weighted by Crippen LogP contribution is -2.37. The van der Waals surface area contributed by atoms with Gasteiger partial charge in [-0.05, 0) is 48.9 Å². The fourth-order valence-electron chi connectivity index (χ4n) is 2.98. The van der Waals surface area contributed by atoms with E-state index in [1.54, 1.807) is 60.7 Å². The van der Waals surface area contributed by atoms with Gasteiger partial charge in [0.05, 0.1) is 24.2 Å². The molecular weight excluding hydrogens is 436 g/mol. The van der Waals surface area contributed by atoms with Gasteiger partial charge < -0.3 is 10.1 Å². The number of anilines is 1. The van der Waals surface area contributed by atoms with Gasteiger partial charge in [0.15, 0.2) is 0 Å². The summed E-state index contributed by atoms with van der Waals surface area (Å²) < 4.78 is 33.0. The van der Waals surface area contributed by atoms with Crippen LogP contribution in [-0.2, 0) is 21.4 Å². The van der Waals surface area contributed by atoms with Gasteiger partial charge in [-0.2, -0.15) is 4.31 Å². The van der Waals surface area contributed by atoms with E-state index in [4.69, 9.17) is 16.3 Å². The Morgan fingerprint density at radius 1 is 1.00 bits per heavy atom. The van der Waals surface area contributed by atoms with E-state index in [1.165, 1.54) is 19.2 Å². The predicted molar refractivity (Wildman–Crippen MR) is 122 cm³/mol. The molecule has 1 N–H and O–H groups in total. The number of halogens is 1. The summed E-state index contributed by atoms with van der Waals surface area (Å²) in [6.45, 7) is 1.53. The summed E-state index contributed by atoms with van der Waals surface area (Å²) >= 11 is 5.94. The molecule has 0 bridgehead atoms. The first kappa shape index (κ1) is 22.8. The number of ether oxygens (including phenoxy) is 1. The number of carbonyl (C=O) groups excluding carboxylic acids is 1. The second-order valence-corrected chi connectivity index (χ2v) is 9.34. The topological polar surface area (TPSA) is 75.7 Å². The van der Waals surface area contributed by atoms with Gasteiger partial charge in [0.25, 0.3) is 0 Å². The van der Waals surface area contributed by atoms with Crippen LogP contribution in [0.25, 0.3) is 0 Å². The number of sulfonamides is 1. The van der Waals surface area contributed by atoms with Gasteiger partial charge in [0, 0.05) is 11.6 Å². The molecule has 0 heterocycles. The number of nitrogens with one attached hydrogen (secondary N) is 1. The number of carbonyl (C=O) groups is 1. The van der Waals surface area contributed by atoms with Crippen molar-refractivity contribution in [3.05, 3.63) is 88.9 Å². The van der Waals surface area contributed by atoms with Crippen LogP contribution in [0.4, 0.5) is 5.69 Å². The zero-order valence-corrected chi connectivity index (χ0v) is 18.8. The number of benzene rings is 3. The summed E-state index contributed by atoms with van der Waals surface area (Å²) in [5.74, 6) is 0.00985. The Labute approximate surface area is 187 Å². The highest BCUT2D eigenvalue weighted by atomic mass is 35.5. The number of aryl methyl sites for hydroxylation is 1. The minimum atomic E-state index is -3.92. The van der Waals surface area contributed by atoms with E-state index in [-0.39, 0.29) is 18.0 Å². The molecule has 0 aliphatic carbocycles. The second-order valence-electron chi connectivity index (χ2n) is 6.96. The lowest BCUT2D eigenvalue weighted by atomic mass is 10.2. The molecule has 0 unspecified atom stereocenters. The maximum atomic E-state index is 13.3. The molecule has 31 heavy (non-hydrogen) atoms. The zero-order chi connectivity index (χ0) is 22.4. The third-order valence-electron chi connectivity index (χ3n) is 4.63. The summed E-state index contributed by atoms with van der Waals surface area (Å²) in [4.78, 5) is 12.9. The molecule has 162 valence electrons. The Morgan fingerprint density at radius 2 is 1.65 bits per heavy atom. The van der Waals surface area contributed by atoms with Crippen molar-refractivity contribution in [1.82, 2.24) is 4.31 Å². The molecule has 0 aliphatic heterocycles. The van der Waals surface area contributed by atoms with Crippen molar-refractivity contribution in [2.45, 2.75) is 18.4 Å². The molecule has 8 heteroatoms. The highest BCUT2D eigenvalue weighted by molar-refractivity contribution is 7.89. The van der Waals surface area contributed by atoms with Gasteiger partial charge in [-0.1, -0.05) is 53.6 Å². The summed E-state index contributed by atoms with van der Waals surface area (Å²) in [6, 6.07) is 20.3. The first-order valence-corrected chi connectivity index (χ1v) is 11.4. The minimum absolute atomic E-state index is 0.0206. The fraction of sp³-hybridized carbons (Fsp3) is 0.174. The summed E-state index contributed by atoms with van der Waals surface area (Å²) in [5.41, 5.74) is 2.12. The highest BCUT2D eigenvalue weighted by Crippen LogP contribution is 2.24. The van der Waals surface area contributed by atoms with Crippen molar-refractivity contribution in [3.63, 3.8) is 0 Å². The van der Waals surface area contributed by atoms with Gasteiger partial charge in [0.1, 0.15) is 5.75 Å². The number of amides is 1. The summed E-state index contributed by atoms with van der Waals surface area (Å²) in [6.07, 6.45) is 0. The Balaban J connectivity index is 1.88. The highest BCUT2D eigenvalue weighted by Gasteiger charge is 2.27. The third-order valence-corrected chi connectivity index (χ3v) is 6.69. The number of methoxy groups -OCH3 is 1. The maximum Gasteiger partial charge on any atom is 0.243 e. The van der Waals surface area contributed by atoms with E-state index in [0.717, 1.165) is 9.87 Å². The number of rotatable bonds is 8. The van der Waals surface area contributed by atoms with Crippen molar-refractivity contribution < 1.29 is 17.9 Å². The van der Waals surface area contributed by atoms with Crippen molar-refractivity contribution in [3.8, 4) is 5.75 Å². The van der Waals surface area contributed by atoms with Crippen molar-refractivity contribution >= 4 is 33.2 Å². The normalized spacial score (nSPS) is 11.4. The molecule has 0 radical (unpaired) electrons. The first-order chi connectivity index (χ1) is 14.8. The van der Waals surface area contributed by atoms with Gasteiger partial charge in [0.2, 0.25) is 15.9 Å². The smallest absolute Gasteiger partial charge is 0.243 e. The average molecular weight is 459 g/mol. The lowest BCUT2D eigenvalue weighted by Gasteiger charge is -2.22. The monoisotopic (exact) mass is 458 g/mol. The molecule has 0 spiro atoms. The average Bonchev–Trinajstić information content (AvgIpc) is 2.75. The zero-order valence-electron chi connectivity index (χ0n) is 17.2. The van der Waals surface area contributed by atoms with Gasteiger partial charge in [-0.15, -0.1) is 0 Å². The molecular formula is C23H23ClN2O4S. The molecule has 0 aromatic heterocycles. The molecule has 0 aliphatic rings. The fourth-order valence-corrected chi connectivity index (χ4v) is 4.49. The Hall–Kier alpha value is -2.87. The summed E-state index contributed by atoms with van der Waals surface area (Å²) in [5, 5.41) is 3.28. The molecule has 1 amide bonds. The van der Waals surface area contributed by atoms with Gasteiger partial charge in [-0.25, -0.2) is 8.42 Å². The molecule has 3 aromatic carbocycles. The SMILES string of the molecule is COc1ccccc1NC(=O)CN(Cc1ccc(Cl)cc1)S(=O)(=O)c1ccc(C)cc1. The van der Waals surface area contributed by atoms with Gasteiger partial charge in [-0.3, -0.25) is 4.79 Å². The Morgan fingerprint density at radius 3 is 2.29 bits per heavy atom. The van der Waals surface area contributed by atoms with E-state index in [9.17, 15) is 13.2 Å². The van der Waals surface area contributed by atoms with Crippen molar-refractivity contribution in [2.75, 3.05) is 19.0 Å². The summed E-state index contributed by atoms with van der Waals surface area (Å²) in [7, 11) is -2.42. The van der Waals surface area contributed by atoms with E-state index < -0.39 is 15.9 Å². The van der Waals surface area contributed by atoms with Crippen LogP contribution in [0.5, 0.6) is 5.75 Å². The van der Waals surface area contributed by atoms with E-state index >= 15 is 0 Å². The number of hydrogen-bond acceptors (Lipinski definition) is 4. The van der Waals surface area contributed by atoms with Crippen LogP contribution >= 0.6 is 11.6 Å². The minimum Gasteiger partial charge on any atom is -0.495 e. The molecule has 6 nitrogen and oxygen atoms in total. The van der Waals surface area contributed by atoms with Crippen LogP contribution in [0.2, 0.25) is 5.02 Å². The maximum absolute atomic E-state index is 13.3. The van der Waals surface area contributed by atoms with Gasteiger partial charge >= 0.3 is 0 Å². The Kier molecular flexibility index (Phi) is 7.33. The van der Waals surface area contributed by atoms with Crippen LogP contribution in [0.1, 0.15) is 11.1 Å². The quantitative estimate of drug-likeness (QED) is 0.539. The second kappa shape index (κ2) is 9.96. The van der Waals surface area contributed by atoms with E-state index in [0.29, 0.717) is 22.0 Å². The molecule has 3 rings (SSSR count). The van der Waals surface area contributed by atoms with Crippen LogP contribution in [0.15, 0.2) is 77.7 Å². The predicted octanol–water partition coefficient (Wildman–Crippen LogP) is 4.49. The largest absolute Gasteiger partial charge is 0.495 e. The van der Waals surface area contributed by atoms with E-state index in [1.807, 2.05) is 6.92 Å². The number of nitrogens with zero attached hydrogens (tertiary/aromatic N) is 1. The van der Waals surface area contributed by atoms with Crippen LogP contribution in [0, 0.1) is 6.92 Å². The number of para-hydroxylation sites is 2.